The zero-order chi connectivity index (χ0) is 31.9. The first-order valence-electron chi connectivity index (χ1n) is 13.4. The van der Waals surface area contributed by atoms with Gasteiger partial charge >= 0.3 is 5.97 Å². The average Bonchev–Trinajstić information content (AvgIpc) is 2.96. The number of aliphatic hydroxyl groups excluding tert-OH is 9. The van der Waals surface area contributed by atoms with E-state index in [9.17, 15) is 50.8 Å². The predicted octanol–water partition coefficient (Wildman–Crippen LogP) is -5.83. The summed E-state index contributed by atoms with van der Waals surface area (Å²) in [5, 5.41) is 101. The fraction of sp³-hybridized carbons (Fsp3) is 0.958. The van der Waals surface area contributed by atoms with Crippen molar-refractivity contribution in [3.05, 3.63) is 0 Å². The number of ether oxygens (including phenoxy) is 6. The minimum Gasteiger partial charge on any atom is -0.477 e. The quantitative estimate of drug-likeness (QED) is 0.0717. The summed E-state index contributed by atoms with van der Waals surface area (Å²) in [4.78, 5) is 12.3. The average molecular weight is 620 g/mol. The molecule has 2 fully saturated rings. The highest BCUT2D eigenvalue weighted by molar-refractivity contribution is 5.76. The molecule has 248 valence electrons. The summed E-state index contributed by atoms with van der Waals surface area (Å²) >= 11 is 0. The van der Waals surface area contributed by atoms with Crippen LogP contribution in [0.5, 0.6) is 0 Å². The molecule has 2 rings (SSSR count). The van der Waals surface area contributed by atoms with Gasteiger partial charge in [-0.2, -0.15) is 0 Å². The Hall–Kier alpha value is -1.17. The Kier molecular flexibility index (Phi) is 14.3. The SMILES string of the molecule is CO[C@@H]1OC(CO)[C@@H](O[C@H](OC(CO[C@]2(C(=O)O)C[C@@H](O)[C@@H](N)C([C@H](O)[C@H](O)CO)O2)[C@@H](C)O)[C@@H](O)CO)C(O)[C@@H]1C. The largest absolute Gasteiger partial charge is 0.477 e. The lowest BCUT2D eigenvalue weighted by molar-refractivity contribution is -0.340. The summed E-state index contributed by atoms with van der Waals surface area (Å²) in [5.41, 5.74) is 5.84. The van der Waals surface area contributed by atoms with E-state index in [0.717, 1.165) is 0 Å². The highest BCUT2D eigenvalue weighted by atomic mass is 16.8. The van der Waals surface area contributed by atoms with E-state index in [-0.39, 0.29) is 0 Å². The number of carbonyl (C=O) groups is 1. The van der Waals surface area contributed by atoms with Gasteiger partial charge in [-0.3, -0.25) is 0 Å². The molecule has 0 radical (unpaired) electrons. The Morgan fingerprint density at radius 1 is 1.10 bits per heavy atom. The Labute approximate surface area is 241 Å². The van der Waals surface area contributed by atoms with Crippen LogP contribution in [0.15, 0.2) is 0 Å². The molecule has 0 saturated carbocycles. The van der Waals surface area contributed by atoms with Crippen LogP contribution in [0.25, 0.3) is 0 Å². The number of aliphatic hydroxyl groups is 9. The minimum atomic E-state index is -2.68. The maximum absolute atomic E-state index is 12.3. The van der Waals surface area contributed by atoms with Crippen LogP contribution in [0, 0.1) is 5.92 Å². The maximum atomic E-state index is 12.3. The zero-order valence-corrected chi connectivity index (χ0v) is 23.5. The molecular formula is C24H45NO17. The molecule has 2 aliphatic heterocycles. The van der Waals surface area contributed by atoms with Crippen molar-refractivity contribution >= 4 is 5.97 Å². The molecule has 42 heavy (non-hydrogen) atoms. The monoisotopic (exact) mass is 619 g/mol. The van der Waals surface area contributed by atoms with Crippen LogP contribution in [-0.4, -0.2) is 176 Å². The third-order valence-electron chi connectivity index (χ3n) is 7.38. The highest BCUT2D eigenvalue weighted by Crippen LogP contribution is 2.34. The van der Waals surface area contributed by atoms with Crippen molar-refractivity contribution in [2.24, 2.45) is 11.7 Å². The zero-order valence-electron chi connectivity index (χ0n) is 23.5. The lowest BCUT2D eigenvalue weighted by atomic mass is 9.89. The molecule has 0 amide bonds. The summed E-state index contributed by atoms with van der Waals surface area (Å²) in [5.74, 6) is -5.13. The minimum absolute atomic E-state index is 0.639. The van der Waals surface area contributed by atoms with Gasteiger partial charge in [-0.25, -0.2) is 4.79 Å². The van der Waals surface area contributed by atoms with E-state index < -0.39 is 130 Å². The van der Waals surface area contributed by atoms with Crippen molar-refractivity contribution in [3.63, 3.8) is 0 Å². The molecular weight excluding hydrogens is 574 g/mol. The first kappa shape index (κ1) is 37.0. The fourth-order valence-corrected chi connectivity index (χ4v) is 4.67. The second-order valence-electron chi connectivity index (χ2n) is 10.5. The fourth-order valence-electron chi connectivity index (χ4n) is 4.67. The van der Waals surface area contributed by atoms with Crippen LogP contribution in [0.4, 0.5) is 0 Å². The van der Waals surface area contributed by atoms with Gasteiger partial charge in [-0.05, 0) is 6.92 Å². The number of carboxylic acids is 1. The Morgan fingerprint density at radius 2 is 1.71 bits per heavy atom. The van der Waals surface area contributed by atoms with E-state index in [4.69, 9.17) is 39.3 Å². The van der Waals surface area contributed by atoms with Crippen molar-refractivity contribution < 1.29 is 84.3 Å². The lowest BCUT2D eigenvalue weighted by Crippen LogP contribution is -2.66. The van der Waals surface area contributed by atoms with Gasteiger partial charge in [0.15, 0.2) is 12.6 Å². The predicted molar refractivity (Wildman–Crippen MR) is 135 cm³/mol. The number of aliphatic carboxylic acids is 1. The van der Waals surface area contributed by atoms with E-state index >= 15 is 0 Å². The number of hydrogen-bond donors (Lipinski definition) is 11. The summed E-state index contributed by atoms with van der Waals surface area (Å²) in [6.07, 6.45) is -19.0. The van der Waals surface area contributed by atoms with Gasteiger partial charge in [0.05, 0.1) is 50.8 Å². The molecule has 18 nitrogen and oxygen atoms in total. The van der Waals surface area contributed by atoms with Crippen LogP contribution in [-0.2, 0) is 33.2 Å². The molecule has 12 N–H and O–H groups in total. The van der Waals surface area contributed by atoms with Crippen LogP contribution in [0.2, 0.25) is 0 Å². The number of hydrogen-bond acceptors (Lipinski definition) is 17. The van der Waals surface area contributed by atoms with Crippen LogP contribution in [0.3, 0.4) is 0 Å². The standard InChI is InChI=1S/C24H45NO17/c1-9-17(33)19(14(7-28)39-21(9)37-3)41-22(13(32)6-27)40-15(10(2)29)8-38-24(23(35)36)4-11(30)16(25)20(42-24)18(34)12(31)5-26/h9-22,26-34H,4-8,25H2,1-3H3,(H,35,36)/t9-,10+,11+,12+,13-,14?,15?,16+,17?,18+,19+,20?,21+,22-,24+/m0/s1. The molecule has 18 heteroatoms. The van der Waals surface area contributed by atoms with E-state index in [2.05, 4.69) is 0 Å². The van der Waals surface area contributed by atoms with Crippen LogP contribution >= 0.6 is 0 Å². The van der Waals surface area contributed by atoms with Gasteiger partial charge in [0.25, 0.3) is 5.79 Å². The van der Waals surface area contributed by atoms with E-state index in [1.807, 2.05) is 0 Å². The summed E-state index contributed by atoms with van der Waals surface area (Å²) in [7, 11) is 1.34. The van der Waals surface area contributed by atoms with Gasteiger partial charge < -0.3 is 85.2 Å². The van der Waals surface area contributed by atoms with Gasteiger partial charge in [-0.15, -0.1) is 0 Å². The van der Waals surface area contributed by atoms with Gasteiger partial charge in [0.1, 0.15) is 42.7 Å². The van der Waals surface area contributed by atoms with Crippen molar-refractivity contribution in [1.29, 1.82) is 0 Å². The number of nitrogens with two attached hydrogens (primary N) is 1. The van der Waals surface area contributed by atoms with Crippen LogP contribution in [0.1, 0.15) is 20.3 Å². The number of carboxylic acid groups (broad SMARTS) is 1. The van der Waals surface area contributed by atoms with Gasteiger partial charge in [0, 0.05) is 19.4 Å². The first-order chi connectivity index (χ1) is 19.7. The molecule has 2 saturated heterocycles. The summed E-state index contributed by atoms with van der Waals surface area (Å²) < 4.78 is 33.0. The Morgan fingerprint density at radius 3 is 2.21 bits per heavy atom. The second-order valence-corrected chi connectivity index (χ2v) is 10.5. The maximum Gasteiger partial charge on any atom is 0.364 e. The molecule has 2 heterocycles. The molecule has 0 aromatic carbocycles. The number of rotatable bonds is 16. The third-order valence-corrected chi connectivity index (χ3v) is 7.38. The van der Waals surface area contributed by atoms with Gasteiger partial charge in [-0.1, -0.05) is 6.92 Å². The number of methoxy groups -OCH3 is 1. The topological polar surface area (TPSA) is 301 Å². The van der Waals surface area contributed by atoms with Crippen molar-refractivity contribution in [2.45, 2.75) is 106 Å². The Balaban J connectivity index is 2.27. The molecule has 0 bridgehead atoms. The summed E-state index contributed by atoms with van der Waals surface area (Å²) in [6.45, 7) is -0.487. The third kappa shape index (κ3) is 8.51. The van der Waals surface area contributed by atoms with Crippen molar-refractivity contribution in [3.8, 4) is 0 Å². The summed E-state index contributed by atoms with van der Waals surface area (Å²) in [6, 6.07) is -1.39. The first-order valence-corrected chi connectivity index (χ1v) is 13.4. The van der Waals surface area contributed by atoms with E-state index in [0.29, 0.717) is 0 Å². The Bertz CT molecular complexity index is 822. The normalized spacial score (nSPS) is 38.3. The molecule has 15 atom stereocenters. The van der Waals surface area contributed by atoms with Crippen LogP contribution < -0.4 is 5.73 Å². The van der Waals surface area contributed by atoms with E-state index in [1.54, 1.807) is 6.92 Å². The van der Waals surface area contributed by atoms with Gasteiger partial charge in [0.2, 0.25) is 0 Å². The molecule has 0 aromatic heterocycles. The van der Waals surface area contributed by atoms with Crippen molar-refractivity contribution in [2.75, 3.05) is 33.5 Å². The molecule has 4 unspecified atom stereocenters. The van der Waals surface area contributed by atoms with Crippen molar-refractivity contribution in [1.82, 2.24) is 0 Å². The molecule has 2 aliphatic rings. The molecule has 0 aromatic rings. The van der Waals surface area contributed by atoms with E-state index in [1.165, 1.54) is 14.0 Å². The highest BCUT2D eigenvalue weighted by Gasteiger charge is 2.55. The molecule has 0 spiro atoms. The second kappa shape index (κ2) is 16.2. The molecule has 0 aliphatic carbocycles. The smallest absolute Gasteiger partial charge is 0.364 e. The lowest BCUT2D eigenvalue weighted by Gasteiger charge is -2.46.